The van der Waals surface area contributed by atoms with Crippen molar-refractivity contribution >= 4 is 22.9 Å². The number of halogens is 1. The maximum atomic E-state index is 9.90. The molecule has 0 aromatic carbocycles. The van der Waals surface area contributed by atoms with Gasteiger partial charge in [-0.1, -0.05) is 38.4 Å². The molecule has 0 saturated carbocycles. The van der Waals surface area contributed by atoms with E-state index in [4.69, 9.17) is 17.3 Å². The molecule has 0 radical (unpaired) electrons. The predicted octanol–water partition coefficient (Wildman–Crippen LogP) is 5.27. The lowest BCUT2D eigenvalue weighted by molar-refractivity contribution is 0.181. The molecule has 0 aliphatic heterocycles. The number of allylic oxidation sites excluding steroid dienone is 3. The third kappa shape index (κ3) is 2.94. The summed E-state index contributed by atoms with van der Waals surface area (Å²) < 4.78 is 0.645. The molecule has 27 heavy (non-hydrogen) atoms. The summed E-state index contributed by atoms with van der Waals surface area (Å²) in [5.41, 5.74) is 5.97. The van der Waals surface area contributed by atoms with Gasteiger partial charge in [0.25, 0.3) is 0 Å². The molecule has 2 aliphatic rings. The Morgan fingerprint density at radius 3 is 2.37 bits per heavy atom. The van der Waals surface area contributed by atoms with Gasteiger partial charge in [-0.25, -0.2) is 0 Å². The highest BCUT2D eigenvalue weighted by atomic mass is 35.5. The summed E-state index contributed by atoms with van der Waals surface area (Å²) in [5, 5.41) is 29.7. The molecule has 0 spiro atoms. The Morgan fingerprint density at radius 1 is 1.22 bits per heavy atom. The quantitative estimate of drug-likeness (QED) is 0.654. The lowest BCUT2D eigenvalue weighted by atomic mass is 9.56. The first-order valence-electron chi connectivity index (χ1n) is 8.88. The van der Waals surface area contributed by atoms with Crippen molar-refractivity contribution in [3.8, 4) is 18.2 Å². The summed E-state index contributed by atoms with van der Waals surface area (Å²) in [5.74, 6) is 0.0104. The first-order chi connectivity index (χ1) is 12.7. The maximum absolute atomic E-state index is 9.90. The monoisotopic (exact) mass is 396 g/mol. The van der Waals surface area contributed by atoms with E-state index in [9.17, 15) is 15.8 Å². The molecule has 0 saturated heterocycles. The molecule has 2 N–H and O–H groups in total. The zero-order valence-corrected chi connectivity index (χ0v) is 17.2. The highest BCUT2D eigenvalue weighted by Crippen LogP contribution is 2.58. The van der Waals surface area contributed by atoms with Crippen molar-refractivity contribution in [2.24, 2.45) is 28.4 Å². The summed E-state index contributed by atoms with van der Waals surface area (Å²) in [6.07, 6.45) is 3.63. The van der Waals surface area contributed by atoms with Gasteiger partial charge in [-0.2, -0.15) is 15.8 Å². The minimum Gasteiger partial charge on any atom is -0.399 e. The van der Waals surface area contributed by atoms with Crippen LogP contribution in [-0.4, -0.2) is 0 Å². The molecular weight excluding hydrogens is 376 g/mol. The molecule has 3 atom stereocenters. The molecule has 6 heteroatoms. The van der Waals surface area contributed by atoms with Crippen LogP contribution in [-0.2, 0) is 0 Å². The molecule has 0 amide bonds. The predicted molar refractivity (Wildman–Crippen MR) is 106 cm³/mol. The number of nitriles is 3. The van der Waals surface area contributed by atoms with E-state index in [0.29, 0.717) is 15.8 Å². The molecule has 0 fully saturated rings. The van der Waals surface area contributed by atoms with Crippen molar-refractivity contribution in [3.63, 3.8) is 0 Å². The number of hydrogen-bond donors (Lipinski definition) is 1. The number of hydrogen-bond acceptors (Lipinski definition) is 5. The second-order valence-corrected chi connectivity index (χ2v) is 10.1. The van der Waals surface area contributed by atoms with Gasteiger partial charge in [0.05, 0.1) is 33.8 Å². The number of rotatable bonds is 1. The maximum Gasteiger partial charge on any atom is 0.204 e. The van der Waals surface area contributed by atoms with Crippen molar-refractivity contribution in [1.29, 1.82) is 15.8 Å². The Kier molecular flexibility index (Phi) is 4.85. The Balaban J connectivity index is 2.27. The van der Waals surface area contributed by atoms with Gasteiger partial charge < -0.3 is 5.73 Å². The smallest absolute Gasteiger partial charge is 0.204 e. The summed E-state index contributed by atoms with van der Waals surface area (Å²) in [6, 6.07) is 10.2. The highest BCUT2D eigenvalue weighted by molar-refractivity contribution is 7.16. The Hall–Kier alpha value is -2.26. The number of nitrogens with zero attached hydrogens (tertiary/aromatic N) is 3. The van der Waals surface area contributed by atoms with Gasteiger partial charge in [-0.3, -0.25) is 0 Å². The van der Waals surface area contributed by atoms with E-state index in [1.807, 2.05) is 18.2 Å². The Morgan fingerprint density at radius 2 is 1.89 bits per heavy atom. The van der Waals surface area contributed by atoms with E-state index in [0.717, 1.165) is 23.3 Å². The van der Waals surface area contributed by atoms with E-state index >= 15 is 0 Å². The minimum atomic E-state index is -1.56. The van der Waals surface area contributed by atoms with E-state index in [-0.39, 0.29) is 22.9 Å². The fourth-order valence-electron chi connectivity index (χ4n) is 4.37. The SMILES string of the molecule is CC(C)(C)C1CC=C2C(C1)C(c1ccc(Cl)s1)C(C#N)=C(N)C2(C#N)C#N. The topological polar surface area (TPSA) is 97.4 Å². The average molecular weight is 397 g/mol. The van der Waals surface area contributed by atoms with Crippen LogP contribution >= 0.6 is 22.9 Å². The van der Waals surface area contributed by atoms with Crippen LogP contribution in [0.3, 0.4) is 0 Å². The van der Waals surface area contributed by atoms with Gasteiger partial charge >= 0.3 is 0 Å². The highest BCUT2D eigenvalue weighted by Gasteiger charge is 2.53. The molecule has 4 nitrogen and oxygen atoms in total. The fourth-order valence-corrected chi connectivity index (χ4v) is 5.61. The first-order valence-corrected chi connectivity index (χ1v) is 10.1. The van der Waals surface area contributed by atoms with Gasteiger partial charge in [-0.05, 0) is 47.8 Å². The van der Waals surface area contributed by atoms with Gasteiger partial charge in [-0.15, -0.1) is 11.3 Å². The molecule has 3 unspecified atom stereocenters. The van der Waals surface area contributed by atoms with Gasteiger partial charge in [0.15, 0.2) is 0 Å². The van der Waals surface area contributed by atoms with Crippen LogP contribution in [0.4, 0.5) is 0 Å². The largest absolute Gasteiger partial charge is 0.399 e. The van der Waals surface area contributed by atoms with Crippen LogP contribution in [0.1, 0.15) is 44.4 Å². The molecule has 3 rings (SSSR count). The molecule has 138 valence electrons. The van der Waals surface area contributed by atoms with Crippen molar-refractivity contribution in [2.45, 2.75) is 39.5 Å². The first kappa shape index (κ1) is 19.5. The number of nitrogens with two attached hydrogens (primary N) is 1. The normalized spacial score (nSPS) is 27.0. The van der Waals surface area contributed by atoms with Crippen molar-refractivity contribution in [2.75, 3.05) is 0 Å². The van der Waals surface area contributed by atoms with Gasteiger partial charge in [0, 0.05) is 10.8 Å². The van der Waals surface area contributed by atoms with Gasteiger partial charge in [0.2, 0.25) is 5.41 Å². The fraction of sp³-hybridized carbons (Fsp3) is 0.476. The van der Waals surface area contributed by atoms with E-state index in [2.05, 4.69) is 39.0 Å². The van der Waals surface area contributed by atoms with Crippen LogP contribution in [0, 0.1) is 56.7 Å². The zero-order valence-electron chi connectivity index (χ0n) is 15.6. The molecular formula is C21H21ClN4S. The second kappa shape index (κ2) is 6.72. The van der Waals surface area contributed by atoms with Crippen LogP contribution < -0.4 is 5.73 Å². The lowest BCUT2D eigenvalue weighted by Gasteiger charge is -2.46. The molecule has 1 aromatic heterocycles. The molecule has 0 bridgehead atoms. The third-order valence-corrected chi connectivity index (χ3v) is 7.30. The molecule has 1 aromatic rings. The lowest BCUT2D eigenvalue weighted by Crippen LogP contribution is -2.42. The van der Waals surface area contributed by atoms with E-state index in [1.54, 1.807) is 0 Å². The zero-order chi connectivity index (χ0) is 20.0. The number of fused-ring (bicyclic) bond motifs is 1. The molecule has 2 aliphatic carbocycles. The summed E-state index contributed by atoms with van der Waals surface area (Å²) >= 11 is 7.59. The second-order valence-electron chi connectivity index (χ2n) is 8.33. The van der Waals surface area contributed by atoms with E-state index < -0.39 is 5.41 Å². The minimum absolute atomic E-state index is 0.0706. The average Bonchev–Trinajstić information content (AvgIpc) is 3.06. The van der Waals surface area contributed by atoms with E-state index in [1.165, 1.54) is 11.3 Å². The van der Waals surface area contributed by atoms with Gasteiger partial charge in [0.1, 0.15) is 0 Å². The summed E-state index contributed by atoms with van der Waals surface area (Å²) in [4.78, 5) is 0.953. The third-order valence-electron chi connectivity index (χ3n) is 5.98. The van der Waals surface area contributed by atoms with Crippen LogP contribution in [0.2, 0.25) is 4.34 Å². The van der Waals surface area contributed by atoms with Crippen molar-refractivity contribution in [1.82, 2.24) is 0 Å². The number of thiophene rings is 1. The summed E-state index contributed by atoms with van der Waals surface area (Å²) in [6.45, 7) is 6.61. The van der Waals surface area contributed by atoms with Crippen LogP contribution in [0.25, 0.3) is 0 Å². The molecule has 1 heterocycles. The Bertz CT molecular complexity index is 944. The van der Waals surface area contributed by atoms with Crippen LogP contribution in [0.5, 0.6) is 0 Å². The standard InChI is InChI=1S/C21H21ClN4S/c1-20(2,3)12-4-5-15-13(8-12)18(16-6-7-17(22)27-16)14(9-23)19(26)21(15,10-24)11-25/h5-7,12-13,18H,4,8,26H2,1-3H3. The van der Waals surface area contributed by atoms with Crippen molar-refractivity contribution < 1.29 is 0 Å². The van der Waals surface area contributed by atoms with Crippen LogP contribution in [0.15, 0.2) is 35.1 Å². The summed E-state index contributed by atoms with van der Waals surface area (Å²) in [7, 11) is 0. The Labute approximate surface area is 169 Å². The van der Waals surface area contributed by atoms with Crippen molar-refractivity contribution in [3.05, 3.63) is 44.3 Å².